The molecular weight excluding hydrogens is 407 g/mol. The quantitative estimate of drug-likeness (QED) is 0.151. The van der Waals surface area contributed by atoms with Crippen molar-refractivity contribution in [1.82, 2.24) is 0 Å². The Kier molecular flexibility index (Phi) is 25.4. The summed E-state index contributed by atoms with van der Waals surface area (Å²) in [4.78, 5) is 0. The van der Waals surface area contributed by atoms with Crippen LogP contribution in [0.1, 0.15) is 142 Å². The first-order valence-corrected chi connectivity index (χ1v) is 14.0. The van der Waals surface area contributed by atoms with Gasteiger partial charge in [-0.2, -0.15) is 0 Å². The van der Waals surface area contributed by atoms with Gasteiger partial charge in [0, 0.05) is 5.25 Å². The predicted molar refractivity (Wildman–Crippen MR) is 123 cm³/mol. The summed E-state index contributed by atoms with van der Waals surface area (Å²) in [6, 6.07) is 0. The van der Waals surface area contributed by atoms with Crippen molar-refractivity contribution in [3.05, 3.63) is 0 Å². The van der Waals surface area contributed by atoms with E-state index in [-0.39, 0.29) is 35.7 Å². The van der Waals surface area contributed by atoms with Crippen molar-refractivity contribution in [2.24, 2.45) is 0 Å². The zero-order valence-electron chi connectivity index (χ0n) is 20.4. The zero-order chi connectivity index (χ0) is 21.8. The summed E-state index contributed by atoms with van der Waals surface area (Å²) in [6.07, 6.45) is 22.3. The van der Waals surface area contributed by atoms with Gasteiger partial charge in [0.25, 0.3) is 0 Å². The molecule has 176 valence electrons. The van der Waals surface area contributed by atoms with Crippen molar-refractivity contribution in [3.63, 3.8) is 0 Å². The number of hydrogen-bond acceptors (Lipinski definition) is 4. The maximum Gasteiger partial charge on any atom is 1.00 e. The van der Waals surface area contributed by atoms with Gasteiger partial charge in [-0.05, 0) is 25.7 Å². The van der Waals surface area contributed by atoms with Gasteiger partial charge >= 0.3 is 29.6 Å². The largest absolute Gasteiger partial charge is 1.00 e. The van der Waals surface area contributed by atoms with Gasteiger partial charge in [0.1, 0.15) is 0 Å². The molecule has 0 aromatic carbocycles. The molecule has 0 aliphatic carbocycles. The Morgan fingerprint density at radius 3 is 1.33 bits per heavy atom. The van der Waals surface area contributed by atoms with E-state index in [2.05, 4.69) is 6.92 Å². The first kappa shape index (κ1) is 33.0. The van der Waals surface area contributed by atoms with E-state index in [1.807, 2.05) is 0 Å². The molecule has 0 aliphatic rings. The fourth-order valence-electron chi connectivity index (χ4n) is 4.02. The first-order valence-electron chi connectivity index (χ1n) is 12.5. The molecule has 2 unspecified atom stereocenters. The average Bonchev–Trinajstić information content (AvgIpc) is 2.67. The van der Waals surface area contributed by atoms with Crippen LogP contribution in [0.3, 0.4) is 0 Å². The molecule has 0 aromatic rings. The number of hydrogen-bond donors (Lipinski definition) is 1. The molecule has 0 heterocycles. The SMILES string of the molecule is CCCCCCCCCCCCCCCCC(O)CCCCC(CC)S(=O)(=O)[O-].[Na+]. The van der Waals surface area contributed by atoms with E-state index in [1.54, 1.807) is 6.92 Å². The summed E-state index contributed by atoms with van der Waals surface area (Å²) >= 11 is 0. The third kappa shape index (κ3) is 22.1. The van der Waals surface area contributed by atoms with E-state index in [9.17, 15) is 18.1 Å². The molecule has 0 spiro atoms. The third-order valence-electron chi connectivity index (χ3n) is 6.07. The van der Waals surface area contributed by atoms with E-state index < -0.39 is 15.4 Å². The van der Waals surface area contributed by atoms with Gasteiger partial charge in [-0.15, -0.1) is 0 Å². The second-order valence-corrected chi connectivity index (χ2v) is 10.5. The Hall–Kier alpha value is 0.870. The van der Waals surface area contributed by atoms with Crippen molar-refractivity contribution in [3.8, 4) is 0 Å². The molecule has 0 aromatic heterocycles. The van der Waals surface area contributed by atoms with Crippen LogP contribution in [0.2, 0.25) is 0 Å². The van der Waals surface area contributed by atoms with Crippen molar-refractivity contribution in [1.29, 1.82) is 0 Å². The van der Waals surface area contributed by atoms with E-state index >= 15 is 0 Å². The van der Waals surface area contributed by atoms with Crippen LogP contribution >= 0.6 is 0 Å². The molecule has 30 heavy (non-hydrogen) atoms. The second kappa shape index (κ2) is 23.0. The fraction of sp³-hybridized carbons (Fsp3) is 1.00. The molecule has 0 radical (unpaired) electrons. The molecule has 6 heteroatoms. The Bertz CT molecular complexity index is 442. The molecule has 0 rings (SSSR count). The Balaban J connectivity index is 0. The molecule has 1 N–H and O–H groups in total. The van der Waals surface area contributed by atoms with Crippen LogP contribution in [-0.2, 0) is 10.1 Å². The normalized spacial score (nSPS) is 13.7. The number of unbranched alkanes of at least 4 members (excludes halogenated alkanes) is 14. The maximum atomic E-state index is 11.0. The zero-order valence-corrected chi connectivity index (χ0v) is 23.2. The van der Waals surface area contributed by atoms with E-state index in [4.69, 9.17) is 0 Å². The predicted octanol–water partition coefficient (Wildman–Crippen LogP) is 4.11. The van der Waals surface area contributed by atoms with Crippen molar-refractivity contribution < 1.29 is 47.6 Å². The second-order valence-electron chi connectivity index (χ2n) is 8.85. The van der Waals surface area contributed by atoms with E-state index in [0.717, 1.165) is 19.3 Å². The van der Waals surface area contributed by atoms with Gasteiger partial charge in [-0.3, -0.25) is 0 Å². The average molecular weight is 457 g/mol. The van der Waals surface area contributed by atoms with Gasteiger partial charge in [-0.1, -0.05) is 117 Å². The molecular formula is C24H49NaO4S. The van der Waals surface area contributed by atoms with Gasteiger partial charge in [0.2, 0.25) is 0 Å². The number of aliphatic hydroxyl groups excluding tert-OH is 1. The van der Waals surface area contributed by atoms with Crippen LogP contribution in [0.5, 0.6) is 0 Å². The summed E-state index contributed by atoms with van der Waals surface area (Å²) in [5, 5.41) is 9.28. The molecule has 2 atom stereocenters. The Morgan fingerprint density at radius 1 is 0.633 bits per heavy atom. The minimum Gasteiger partial charge on any atom is -0.748 e. The van der Waals surface area contributed by atoms with Crippen molar-refractivity contribution >= 4 is 10.1 Å². The Morgan fingerprint density at radius 2 is 0.967 bits per heavy atom. The minimum absolute atomic E-state index is 0. The Labute approximate surface area is 210 Å². The van der Waals surface area contributed by atoms with Gasteiger partial charge < -0.3 is 9.66 Å². The third-order valence-corrected chi connectivity index (χ3v) is 7.45. The van der Waals surface area contributed by atoms with E-state index in [0.29, 0.717) is 25.7 Å². The monoisotopic (exact) mass is 456 g/mol. The van der Waals surface area contributed by atoms with Crippen LogP contribution in [0.25, 0.3) is 0 Å². The first-order chi connectivity index (χ1) is 13.9. The van der Waals surface area contributed by atoms with Crippen LogP contribution in [0, 0.1) is 0 Å². The molecule has 0 saturated carbocycles. The van der Waals surface area contributed by atoms with E-state index in [1.165, 1.54) is 83.5 Å². The molecule has 0 aliphatic heterocycles. The topological polar surface area (TPSA) is 77.4 Å². The molecule has 0 amide bonds. The fourth-order valence-corrected chi connectivity index (χ4v) is 4.89. The maximum absolute atomic E-state index is 11.0. The number of aliphatic hydroxyl groups is 1. The van der Waals surface area contributed by atoms with Gasteiger partial charge in [0.15, 0.2) is 0 Å². The van der Waals surface area contributed by atoms with Crippen LogP contribution in [0.15, 0.2) is 0 Å². The number of rotatable bonds is 22. The molecule has 0 fully saturated rings. The summed E-state index contributed by atoms with van der Waals surface area (Å²) in [7, 11) is -4.17. The van der Waals surface area contributed by atoms with Crippen molar-refractivity contribution in [2.45, 2.75) is 154 Å². The molecule has 0 bridgehead atoms. The summed E-state index contributed by atoms with van der Waals surface area (Å²) < 4.78 is 33.1. The molecule has 4 nitrogen and oxygen atoms in total. The standard InChI is InChI=1S/C24H50O4S.Na/c1-3-5-6-7-8-9-10-11-12-13-14-15-16-17-20-23(25)21-18-19-22-24(4-2)29(26,27)28;/h23-25H,3-22H2,1-2H3,(H,26,27,28);/q;+1/p-1. The minimum atomic E-state index is -4.17. The van der Waals surface area contributed by atoms with Crippen LogP contribution < -0.4 is 29.6 Å². The summed E-state index contributed by atoms with van der Waals surface area (Å²) in [5.41, 5.74) is 0. The van der Waals surface area contributed by atoms with Gasteiger partial charge in [0.05, 0.1) is 16.2 Å². The summed E-state index contributed by atoms with van der Waals surface area (Å²) in [5.74, 6) is 0. The van der Waals surface area contributed by atoms with Crippen LogP contribution in [0.4, 0.5) is 0 Å². The van der Waals surface area contributed by atoms with Crippen LogP contribution in [-0.4, -0.2) is 29.4 Å². The smallest absolute Gasteiger partial charge is 0.748 e. The van der Waals surface area contributed by atoms with Crippen molar-refractivity contribution in [2.75, 3.05) is 0 Å². The van der Waals surface area contributed by atoms with Gasteiger partial charge in [-0.25, -0.2) is 8.42 Å². The summed E-state index contributed by atoms with van der Waals surface area (Å²) in [6.45, 7) is 4.01. The molecule has 0 saturated heterocycles.